The molecule has 2 atom stereocenters. The Labute approximate surface area is 111 Å². The minimum absolute atomic E-state index is 0.0620. The van der Waals surface area contributed by atoms with Crippen molar-refractivity contribution in [1.29, 1.82) is 0 Å². The number of phenols is 1. The summed E-state index contributed by atoms with van der Waals surface area (Å²) in [5.41, 5.74) is 2.23. The van der Waals surface area contributed by atoms with E-state index in [4.69, 9.17) is 4.74 Å². The molecule has 1 aliphatic heterocycles. The summed E-state index contributed by atoms with van der Waals surface area (Å²) in [4.78, 5) is 0. The standard InChI is InChI=1S/C16H14O3/c17-11-5-6-12-10(7-11)8-16(18)9-19-14-4-2-1-3-13(14)15(12)16/h1-7,15,17-18H,8-9H2/t15-,16-/m1/s1. The Hall–Kier alpha value is -2.00. The fraction of sp³-hybridized carbons (Fsp3) is 0.250. The molecule has 3 heteroatoms. The zero-order valence-corrected chi connectivity index (χ0v) is 10.3. The van der Waals surface area contributed by atoms with E-state index in [1.54, 1.807) is 12.1 Å². The van der Waals surface area contributed by atoms with Crippen LogP contribution in [-0.2, 0) is 6.42 Å². The fourth-order valence-electron chi connectivity index (χ4n) is 3.39. The lowest BCUT2D eigenvalue weighted by molar-refractivity contribution is -0.0217. The molecule has 2 aromatic carbocycles. The van der Waals surface area contributed by atoms with Crippen LogP contribution in [0.1, 0.15) is 22.6 Å². The number of rotatable bonds is 0. The van der Waals surface area contributed by atoms with Crippen molar-refractivity contribution in [1.82, 2.24) is 0 Å². The summed E-state index contributed by atoms with van der Waals surface area (Å²) >= 11 is 0. The fourth-order valence-corrected chi connectivity index (χ4v) is 3.39. The van der Waals surface area contributed by atoms with Gasteiger partial charge in [0.25, 0.3) is 0 Å². The van der Waals surface area contributed by atoms with Crippen LogP contribution in [0, 0.1) is 0 Å². The van der Waals surface area contributed by atoms with Gasteiger partial charge in [-0.25, -0.2) is 0 Å². The van der Waals surface area contributed by atoms with Crippen LogP contribution in [0.4, 0.5) is 0 Å². The summed E-state index contributed by atoms with van der Waals surface area (Å²) in [6, 6.07) is 13.2. The van der Waals surface area contributed by atoms with E-state index in [1.807, 2.05) is 30.3 Å². The zero-order valence-electron chi connectivity index (χ0n) is 10.3. The highest BCUT2D eigenvalue weighted by Gasteiger charge is 2.49. The van der Waals surface area contributed by atoms with Gasteiger partial charge in [0.1, 0.15) is 23.7 Å². The Morgan fingerprint density at radius 2 is 1.95 bits per heavy atom. The van der Waals surface area contributed by atoms with Crippen LogP contribution in [0.15, 0.2) is 42.5 Å². The first-order chi connectivity index (χ1) is 9.17. The lowest BCUT2D eigenvalue weighted by atomic mass is 9.81. The van der Waals surface area contributed by atoms with Gasteiger partial charge >= 0.3 is 0 Å². The monoisotopic (exact) mass is 254 g/mol. The maximum absolute atomic E-state index is 10.9. The number of hydrogen-bond donors (Lipinski definition) is 2. The number of aliphatic hydroxyl groups is 1. The quantitative estimate of drug-likeness (QED) is 0.757. The zero-order chi connectivity index (χ0) is 13.0. The summed E-state index contributed by atoms with van der Waals surface area (Å²) < 4.78 is 5.69. The molecule has 2 aliphatic rings. The van der Waals surface area contributed by atoms with Gasteiger partial charge < -0.3 is 14.9 Å². The van der Waals surface area contributed by atoms with E-state index >= 15 is 0 Å². The minimum atomic E-state index is -0.898. The highest BCUT2D eigenvalue weighted by atomic mass is 16.5. The number of para-hydroxylation sites is 1. The third-order valence-electron chi connectivity index (χ3n) is 4.18. The highest BCUT2D eigenvalue weighted by molar-refractivity contribution is 5.54. The van der Waals surface area contributed by atoms with Crippen LogP contribution in [-0.4, -0.2) is 22.4 Å². The van der Waals surface area contributed by atoms with Gasteiger partial charge in [-0.15, -0.1) is 0 Å². The lowest BCUT2D eigenvalue weighted by Gasteiger charge is -2.36. The molecule has 0 spiro atoms. The Bertz CT molecular complexity index is 665. The summed E-state index contributed by atoms with van der Waals surface area (Å²) in [6.45, 7) is 0.296. The second-order valence-corrected chi connectivity index (χ2v) is 5.42. The average Bonchev–Trinajstić information content (AvgIpc) is 2.70. The van der Waals surface area contributed by atoms with E-state index in [1.165, 1.54) is 0 Å². The summed E-state index contributed by atoms with van der Waals surface area (Å²) in [6.07, 6.45) is 0.524. The third kappa shape index (κ3) is 1.42. The van der Waals surface area contributed by atoms with Gasteiger partial charge in [-0.1, -0.05) is 24.3 Å². The smallest absolute Gasteiger partial charge is 0.123 e. The van der Waals surface area contributed by atoms with Crippen molar-refractivity contribution in [3.8, 4) is 11.5 Å². The van der Waals surface area contributed by atoms with E-state index in [2.05, 4.69) is 0 Å². The van der Waals surface area contributed by atoms with Gasteiger partial charge in [0, 0.05) is 17.9 Å². The number of fused-ring (bicyclic) bond motifs is 5. The third-order valence-corrected chi connectivity index (χ3v) is 4.18. The van der Waals surface area contributed by atoms with E-state index in [9.17, 15) is 10.2 Å². The Morgan fingerprint density at radius 1 is 1.11 bits per heavy atom. The number of phenolic OH excluding ortho intramolecular Hbond substituents is 1. The topological polar surface area (TPSA) is 49.7 Å². The van der Waals surface area contributed by atoms with Gasteiger partial charge in [-0.05, 0) is 29.3 Å². The maximum atomic E-state index is 10.9. The first kappa shape index (κ1) is 10.9. The molecule has 2 N–H and O–H groups in total. The minimum Gasteiger partial charge on any atom is -0.508 e. The number of hydrogen-bond acceptors (Lipinski definition) is 3. The van der Waals surface area contributed by atoms with Crippen molar-refractivity contribution < 1.29 is 14.9 Å². The van der Waals surface area contributed by atoms with E-state index in [0.29, 0.717) is 13.0 Å². The molecule has 2 aromatic rings. The van der Waals surface area contributed by atoms with Crippen molar-refractivity contribution in [2.45, 2.75) is 17.9 Å². The molecule has 0 radical (unpaired) electrons. The molecule has 19 heavy (non-hydrogen) atoms. The molecule has 0 bridgehead atoms. The Morgan fingerprint density at radius 3 is 2.84 bits per heavy atom. The second kappa shape index (κ2) is 3.52. The number of aromatic hydroxyl groups is 1. The first-order valence-corrected chi connectivity index (χ1v) is 6.43. The van der Waals surface area contributed by atoms with Crippen molar-refractivity contribution in [3.63, 3.8) is 0 Å². The van der Waals surface area contributed by atoms with Gasteiger partial charge in [0.05, 0.1) is 0 Å². The predicted molar refractivity (Wildman–Crippen MR) is 70.5 cm³/mol. The molecule has 0 fully saturated rings. The number of ether oxygens (including phenoxy) is 1. The van der Waals surface area contributed by atoms with Crippen LogP contribution in [0.3, 0.4) is 0 Å². The van der Waals surface area contributed by atoms with Crippen LogP contribution in [0.5, 0.6) is 11.5 Å². The molecule has 0 aromatic heterocycles. The van der Waals surface area contributed by atoms with Crippen molar-refractivity contribution in [3.05, 3.63) is 59.2 Å². The van der Waals surface area contributed by atoms with E-state index < -0.39 is 5.60 Å². The van der Waals surface area contributed by atoms with Crippen LogP contribution >= 0.6 is 0 Å². The molecule has 0 unspecified atom stereocenters. The largest absolute Gasteiger partial charge is 0.508 e. The molecule has 3 nitrogen and oxygen atoms in total. The number of benzene rings is 2. The van der Waals surface area contributed by atoms with Gasteiger partial charge in [-0.2, -0.15) is 0 Å². The van der Waals surface area contributed by atoms with Gasteiger partial charge in [0.2, 0.25) is 0 Å². The van der Waals surface area contributed by atoms with E-state index in [0.717, 1.165) is 22.4 Å². The summed E-state index contributed by atoms with van der Waals surface area (Å²) in [7, 11) is 0. The van der Waals surface area contributed by atoms with Gasteiger partial charge in [0.15, 0.2) is 0 Å². The second-order valence-electron chi connectivity index (χ2n) is 5.42. The molecule has 0 saturated heterocycles. The van der Waals surface area contributed by atoms with E-state index in [-0.39, 0.29) is 11.7 Å². The Balaban J connectivity index is 1.95. The summed E-state index contributed by atoms with van der Waals surface area (Å²) in [5, 5.41) is 20.5. The molecule has 0 amide bonds. The predicted octanol–water partition coefficient (Wildman–Crippen LogP) is 2.20. The van der Waals surface area contributed by atoms with Crippen molar-refractivity contribution in [2.24, 2.45) is 0 Å². The Kier molecular flexibility index (Phi) is 2.01. The average molecular weight is 254 g/mol. The first-order valence-electron chi connectivity index (χ1n) is 6.43. The molecule has 96 valence electrons. The van der Waals surface area contributed by atoms with Crippen LogP contribution in [0.25, 0.3) is 0 Å². The van der Waals surface area contributed by atoms with Crippen molar-refractivity contribution in [2.75, 3.05) is 6.61 Å². The normalized spacial score (nSPS) is 27.1. The van der Waals surface area contributed by atoms with Gasteiger partial charge in [-0.3, -0.25) is 0 Å². The highest BCUT2D eigenvalue weighted by Crippen LogP contribution is 2.51. The maximum Gasteiger partial charge on any atom is 0.123 e. The molecule has 1 aliphatic carbocycles. The molecule has 1 heterocycles. The summed E-state index contributed by atoms with van der Waals surface area (Å²) in [5.74, 6) is 1.03. The SMILES string of the molecule is Oc1ccc2c(c1)C[C@@]1(O)COc3ccccc3[C@@H]21. The lowest BCUT2D eigenvalue weighted by Crippen LogP contribution is -2.43. The molecule has 0 saturated carbocycles. The molecular formula is C16H14O3. The van der Waals surface area contributed by atoms with Crippen LogP contribution < -0.4 is 4.74 Å². The molecule has 4 rings (SSSR count). The molecular weight excluding hydrogens is 240 g/mol. The van der Waals surface area contributed by atoms with Crippen molar-refractivity contribution >= 4 is 0 Å². The van der Waals surface area contributed by atoms with Crippen LogP contribution in [0.2, 0.25) is 0 Å².